The molecule has 0 fully saturated rings. The number of hydrogen-bond acceptors (Lipinski definition) is 4. The van der Waals surface area contributed by atoms with Crippen LogP contribution < -0.4 is 4.74 Å². The van der Waals surface area contributed by atoms with Crippen molar-refractivity contribution < 1.29 is 14.6 Å². The van der Waals surface area contributed by atoms with E-state index < -0.39 is 0 Å². The molecule has 0 aliphatic rings. The Bertz CT molecular complexity index is 797. The molecule has 0 bridgehead atoms. The third-order valence-electron chi connectivity index (χ3n) is 3.39. The first-order valence-electron chi connectivity index (χ1n) is 7.49. The molecule has 24 heavy (non-hydrogen) atoms. The Hall–Kier alpha value is -2.72. The van der Waals surface area contributed by atoms with Crippen molar-refractivity contribution in [2.24, 2.45) is 0 Å². The van der Waals surface area contributed by atoms with E-state index in [4.69, 9.17) is 4.74 Å². The molecular formula is C20H16O3S. The molecule has 0 saturated heterocycles. The van der Waals surface area contributed by atoms with Gasteiger partial charge in [-0.3, -0.25) is 0 Å². The molecule has 0 atom stereocenters. The first-order chi connectivity index (χ1) is 11.7. The van der Waals surface area contributed by atoms with Crippen molar-refractivity contribution >= 4 is 17.7 Å². The molecule has 0 aliphatic heterocycles. The minimum absolute atomic E-state index is 0.268. The number of thioether (sulfide) groups is 1. The fourth-order valence-corrected chi connectivity index (χ4v) is 2.96. The van der Waals surface area contributed by atoms with Crippen LogP contribution in [0.5, 0.6) is 11.5 Å². The molecule has 0 heterocycles. The maximum absolute atomic E-state index is 12.0. The summed E-state index contributed by atoms with van der Waals surface area (Å²) in [6.07, 6.45) is 0. The predicted molar refractivity (Wildman–Crippen MR) is 95.5 cm³/mol. The van der Waals surface area contributed by atoms with Gasteiger partial charge >= 0.3 is 5.97 Å². The second-order valence-corrected chi connectivity index (χ2v) is 6.23. The Morgan fingerprint density at radius 3 is 2.21 bits per heavy atom. The standard InChI is InChI=1S/C20H16O3S/c21-17-8-12-19(13-9-17)24-14-15-6-10-18(11-7-15)23-20(22)16-4-2-1-3-5-16/h1-13,21H,14H2. The number of phenolic OH excluding ortho intramolecular Hbond substituents is 1. The van der Waals surface area contributed by atoms with Crippen LogP contribution in [0.2, 0.25) is 0 Å². The maximum Gasteiger partial charge on any atom is 0.343 e. The van der Waals surface area contributed by atoms with Crippen LogP contribution in [0, 0.1) is 0 Å². The third-order valence-corrected chi connectivity index (χ3v) is 4.47. The van der Waals surface area contributed by atoms with Gasteiger partial charge < -0.3 is 9.84 Å². The fraction of sp³-hybridized carbons (Fsp3) is 0.0500. The SMILES string of the molecule is O=C(Oc1ccc(CSc2ccc(O)cc2)cc1)c1ccccc1. The highest BCUT2D eigenvalue weighted by Gasteiger charge is 2.07. The summed E-state index contributed by atoms with van der Waals surface area (Å²) >= 11 is 1.68. The number of ether oxygens (including phenoxy) is 1. The monoisotopic (exact) mass is 336 g/mol. The average molecular weight is 336 g/mol. The molecule has 3 aromatic rings. The summed E-state index contributed by atoms with van der Waals surface area (Å²) < 4.78 is 5.36. The first kappa shape index (κ1) is 16.1. The van der Waals surface area contributed by atoms with Gasteiger partial charge in [0, 0.05) is 10.6 Å². The largest absolute Gasteiger partial charge is 0.508 e. The van der Waals surface area contributed by atoms with Gasteiger partial charge in [0.15, 0.2) is 0 Å². The minimum Gasteiger partial charge on any atom is -0.508 e. The van der Waals surface area contributed by atoms with Crippen LogP contribution in [0.25, 0.3) is 0 Å². The smallest absolute Gasteiger partial charge is 0.343 e. The van der Waals surface area contributed by atoms with Gasteiger partial charge in [0.05, 0.1) is 5.56 Å². The Labute approximate surface area is 144 Å². The zero-order valence-electron chi connectivity index (χ0n) is 12.9. The van der Waals surface area contributed by atoms with Gasteiger partial charge in [-0.15, -0.1) is 11.8 Å². The van der Waals surface area contributed by atoms with Crippen molar-refractivity contribution in [1.82, 2.24) is 0 Å². The molecule has 3 aromatic carbocycles. The molecule has 4 heteroatoms. The summed E-state index contributed by atoms with van der Waals surface area (Å²) in [4.78, 5) is 13.1. The van der Waals surface area contributed by atoms with E-state index in [1.807, 2.05) is 30.3 Å². The Kier molecular flexibility index (Phi) is 5.18. The van der Waals surface area contributed by atoms with Crippen LogP contribution in [-0.2, 0) is 5.75 Å². The molecule has 0 aromatic heterocycles. The van der Waals surface area contributed by atoms with Crippen molar-refractivity contribution in [2.75, 3.05) is 0 Å². The van der Waals surface area contributed by atoms with E-state index in [1.54, 1.807) is 60.3 Å². The van der Waals surface area contributed by atoms with E-state index in [0.717, 1.165) is 16.2 Å². The molecule has 0 radical (unpaired) electrons. The van der Waals surface area contributed by atoms with Gasteiger partial charge in [-0.1, -0.05) is 30.3 Å². The highest BCUT2D eigenvalue weighted by molar-refractivity contribution is 7.98. The molecule has 120 valence electrons. The Balaban J connectivity index is 1.57. The first-order valence-corrected chi connectivity index (χ1v) is 8.47. The Morgan fingerprint density at radius 1 is 0.875 bits per heavy atom. The van der Waals surface area contributed by atoms with E-state index in [0.29, 0.717) is 11.3 Å². The van der Waals surface area contributed by atoms with Crippen LogP contribution in [0.15, 0.2) is 83.8 Å². The number of carbonyl (C=O) groups is 1. The van der Waals surface area contributed by atoms with Gasteiger partial charge in [-0.25, -0.2) is 4.79 Å². The summed E-state index contributed by atoms with van der Waals surface area (Å²) in [5.41, 5.74) is 1.66. The van der Waals surface area contributed by atoms with E-state index >= 15 is 0 Å². The number of hydrogen-bond donors (Lipinski definition) is 1. The van der Waals surface area contributed by atoms with Gasteiger partial charge in [-0.2, -0.15) is 0 Å². The third kappa shape index (κ3) is 4.40. The molecule has 3 rings (SSSR count). The van der Waals surface area contributed by atoms with Crippen LogP contribution in [-0.4, -0.2) is 11.1 Å². The number of phenols is 1. The Morgan fingerprint density at radius 2 is 1.54 bits per heavy atom. The number of carbonyl (C=O) groups excluding carboxylic acids is 1. The van der Waals surface area contributed by atoms with Gasteiger partial charge in [-0.05, 0) is 54.1 Å². The van der Waals surface area contributed by atoms with Crippen molar-refractivity contribution in [2.45, 2.75) is 10.6 Å². The van der Waals surface area contributed by atoms with Crippen LogP contribution >= 0.6 is 11.8 Å². The predicted octanol–water partition coefficient (Wildman–Crippen LogP) is 4.90. The number of rotatable bonds is 5. The molecular weight excluding hydrogens is 320 g/mol. The summed E-state index contributed by atoms with van der Waals surface area (Å²) in [5, 5.41) is 9.28. The van der Waals surface area contributed by atoms with Gasteiger partial charge in [0.1, 0.15) is 11.5 Å². The average Bonchev–Trinajstić information content (AvgIpc) is 2.63. The molecule has 0 saturated carbocycles. The minimum atomic E-state index is -0.359. The summed E-state index contributed by atoms with van der Waals surface area (Å²) in [6, 6.07) is 23.5. The fourth-order valence-electron chi connectivity index (χ4n) is 2.10. The lowest BCUT2D eigenvalue weighted by molar-refractivity contribution is 0.0734. The van der Waals surface area contributed by atoms with Crippen molar-refractivity contribution in [3.8, 4) is 11.5 Å². The molecule has 0 aliphatic carbocycles. The number of esters is 1. The normalized spacial score (nSPS) is 10.3. The lowest BCUT2D eigenvalue weighted by Crippen LogP contribution is -2.07. The van der Waals surface area contributed by atoms with Gasteiger partial charge in [0.25, 0.3) is 0 Å². The summed E-state index contributed by atoms with van der Waals surface area (Å²) in [5.74, 6) is 1.24. The second-order valence-electron chi connectivity index (χ2n) is 5.18. The van der Waals surface area contributed by atoms with Crippen molar-refractivity contribution in [3.63, 3.8) is 0 Å². The van der Waals surface area contributed by atoms with E-state index in [1.165, 1.54) is 0 Å². The van der Waals surface area contributed by atoms with E-state index in [-0.39, 0.29) is 11.7 Å². The zero-order valence-corrected chi connectivity index (χ0v) is 13.7. The quantitative estimate of drug-likeness (QED) is 0.409. The number of benzene rings is 3. The molecule has 0 unspecified atom stereocenters. The van der Waals surface area contributed by atoms with Crippen molar-refractivity contribution in [3.05, 3.63) is 90.0 Å². The molecule has 0 spiro atoms. The summed E-state index contributed by atoms with van der Waals surface area (Å²) in [7, 11) is 0. The van der Waals surface area contributed by atoms with Crippen LogP contribution in [0.4, 0.5) is 0 Å². The van der Waals surface area contributed by atoms with Crippen LogP contribution in [0.1, 0.15) is 15.9 Å². The number of aromatic hydroxyl groups is 1. The van der Waals surface area contributed by atoms with Crippen LogP contribution in [0.3, 0.4) is 0 Å². The highest BCUT2D eigenvalue weighted by atomic mass is 32.2. The van der Waals surface area contributed by atoms with E-state index in [2.05, 4.69) is 0 Å². The topological polar surface area (TPSA) is 46.5 Å². The molecule has 3 nitrogen and oxygen atoms in total. The zero-order chi connectivity index (χ0) is 16.8. The lowest BCUT2D eigenvalue weighted by Gasteiger charge is -2.06. The van der Waals surface area contributed by atoms with Gasteiger partial charge in [0.2, 0.25) is 0 Å². The maximum atomic E-state index is 12.0. The summed E-state index contributed by atoms with van der Waals surface area (Å²) in [6.45, 7) is 0. The lowest BCUT2D eigenvalue weighted by atomic mass is 10.2. The molecule has 0 amide bonds. The molecule has 1 N–H and O–H groups in total. The highest BCUT2D eigenvalue weighted by Crippen LogP contribution is 2.25. The van der Waals surface area contributed by atoms with E-state index in [9.17, 15) is 9.90 Å². The second kappa shape index (κ2) is 7.70. The van der Waals surface area contributed by atoms with Crippen molar-refractivity contribution in [1.29, 1.82) is 0 Å².